The van der Waals surface area contributed by atoms with Gasteiger partial charge in [-0.25, -0.2) is 14.6 Å². The lowest BCUT2D eigenvalue weighted by Gasteiger charge is -2.15. The number of carboxylic acid groups (broad SMARTS) is 2. The monoisotopic (exact) mass is 426 g/mol. The zero-order valence-electron chi connectivity index (χ0n) is 15.9. The van der Waals surface area contributed by atoms with Gasteiger partial charge in [-0.3, -0.25) is 9.69 Å². The highest BCUT2D eigenvalue weighted by atomic mass is 32.1. The maximum absolute atomic E-state index is 12.2. The van der Waals surface area contributed by atoms with Gasteiger partial charge in [0.2, 0.25) is 5.91 Å². The van der Waals surface area contributed by atoms with E-state index < -0.39 is 11.9 Å². The van der Waals surface area contributed by atoms with Crippen LogP contribution >= 0.6 is 11.3 Å². The molecule has 0 unspecified atom stereocenters. The third-order valence-corrected chi connectivity index (χ3v) is 4.68. The van der Waals surface area contributed by atoms with Crippen molar-refractivity contribution in [1.82, 2.24) is 9.88 Å². The predicted octanol–water partition coefficient (Wildman–Crippen LogP) is 2.39. The molecule has 3 rings (SSSR count). The Kier molecular flexibility index (Phi) is 7.99. The largest absolute Gasteiger partial charge is 0.473 e. The van der Waals surface area contributed by atoms with Crippen molar-refractivity contribution in [2.24, 2.45) is 0 Å². The average molecular weight is 426 g/mol. The molecule has 0 aliphatic carbocycles. The molecule has 0 saturated carbocycles. The van der Waals surface area contributed by atoms with Gasteiger partial charge in [-0.1, -0.05) is 24.3 Å². The van der Waals surface area contributed by atoms with E-state index in [9.17, 15) is 4.79 Å². The molecule has 0 radical (unpaired) electrons. The van der Waals surface area contributed by atoms with Gasteiger partial charge in [0.1, 0.15) is 11.1 Å². The van der Waals surface area contributed by atoms with Crippen LogP contribution in [0.3, 0.4) is 0 Å². The summed E-state index contributed by atoms with van der Waals surface area (Å²) < 4.78 is 1.15. The average Bonchev–Trinajstić information content (AvgIpc) is 3.10. The van der Waals surface area contributed by atoms with Crippen LogP contribution in [0.15, 0.2) is 48.5 Å². The molecule has 0 spiro atoms. The van der Waals surface area contributed by atoms with Gasteiger partial charge in [-0.15, -0.1) is 11.3 Å². The van der Waals surface area contributed by atoms with Crippen LogP contribution in [-0.2, 0) is 20.9 Å². The van der Waals surface area contributed by atoms with Crippen LogP contribution in [0.1, 0.15) is 10.6 Å². The van der Waals surface area contributed by atoms with Crippen molar-refractivity contribution in [2.75, 3.05) is 18.9 Å². The van der Waals surface area contributed by atoms with Gasteiger partial charge in [0, 0.05) is 0 Å². The Bertz CT molecular complexity index is 1060. The standard InChI is InChI=1S/C18H16N4OS.C2H2O4/c1-22(12-18-21-15-8-4-5-9-16(15)24-18)11-17(23)20-14-7-3-2-6-13(14)10-19;3-1(4)2(5)6/h2-9H,11-12H2,1H3,(H,20,23);(H,3,4)(H,5,6). The van der Waals surface area contributed by atoms with Crippen molar-refractivity contribution in [3.63, 3.8) is 0 Å². The SMILES string of the molecule is CN(CC(=O)Nc1ccccc1C#N)Cc1nc2ccccc2s1.O=C(O)C(=O)O. The molecule has 9 nitrogen and oxygen atoms in total. The van der Waals surface area contributed by atoms with E-state index in [1.54, 1.807) is 35.6 Å². The van der Waals surface area contributed by atoms with E-state index in [-0.39, 0.29) is 12.5 Å². The second-order valence-electron chi connectivity index (χ2n) is 6.06. The van der Waals surface area contributed by atoms with Crippen LogP contribution in [0.25, 0.3) is 10.2 Å². The van der Waals surface area contributed by atoms with Crippen LogP contribution in [0, 0.1) is 11.3 Å². The van der Waals surface area contributed by atoms with Crippen molar-refractivity contribution >= 4 is 45.1 Å². The van der Waals surface area contributed by atoms with Crippen molar-refractivity contribution in [3.8, 4) is 6.07 Å². The first-order valence-electron chi connectivity index (χ1n) is 8.58. The molecule has 0 fully saturated rings. The first-order valence-corrected chi connectivity index (χ1v) is 9.40. The Morgan fingerprint density at radius 2 is 1.73 bits per heavy atom. The minimum Gasteiger partial charge on any atom is -0.473 e. The second kappa shape index (κ2) is 10.7. The molecule has 2 aromatic carbocycles. The summed E-state index contributed by atoms with van der Waals surface area (Å²) >= 11 is 1.64. The predicted molar refractivity (Wildman–Crippen MR) is 111 cm³/mol. The summed E-state index contributed by atoms with van der Waals surface area (Å²) in [5.74, 6) is -3.80. The number of nitrogens with zero attached hydrogens (tertiary/aromatic N) is 3. The van der Waals surface area contributed by atoms with Gasteiger partial charge in [0.25, 0.3) is 0 Å². The fourth-order valence-electron chi connectivity index (χ4n) is 2.40. The van der Waals surface area contributed by atoms with Gasteiger partial charge in [0.05, 0.1) is 34.6 Å². The molecule has 10 heteroatoms. The van der Waals surface area contributed by atoms with E-state index in [2.05, 4.69) is 16.4 Å². The third kappa shape index (κ3) is 6.66. The molecule has 154 valence electrons. The Morgan fingerprint density at radius 1 is 1.10 bits per heavy atom. The summed E-state index contributed by atoms with van der Waals surface area (Å²) in [4.78, 5) is 36.9. The van der Waals surface area contributed by atoms with Crippen LogP contribution < -0.4 is 5.32 Å². The molecule has 0 aliphatic rings. The summed E-state index contributed by atoms with van der Waals surface area (Å²) in [6, 6.07) is 17.0. The Morgan fingerprint density at radius 3 is 2.37 bits per heavy atom. The van der Waals surface area contributed by atoms with E-state index in [1.807, 2.05) is 36.2 Å². The molecular formula is C20H18N4O5S. The van der Waals surface area contributed by atoms with E-state index in [0.29, 0.717) is 17.8 Å². The zero-order chi connectivity index (χ0) is 22.1. The fourth-order valence-corrected chi connectivity index (χ4v) is 3.45. The highest BCUT2D eigenvalue weighted by Crippen LogP contribution is 2.22. The number of carboxylic acids is 2. The quantitative estimate of drug-likeness (QED) is 0.528. The summed E-state index contributed by atoms with van der Waals surface area (Å²) in [5.41, 5.74) is 1.98. The van der Waals surface area contributed by atoms with Gasteiger partial charge in [-0.2, -0.15) is 5.26 Å². The summed E-state index contributed by atoms with van der Waals surface area (Å²) in [5, 5.41) is 27.6. The van der Waals surface area contributed by atoms with Gasteiger partial charge in [-0.05, 0) is 31.3 Å². The molecule has 1 amide bonds. The summed E-state index contributed by atoms with van der Waals surface area (Å²) in [6.45, 7) is 0.836. The first kappa shape index (κ1) is 22.5. The fraction of sp³-hybridized carbons (Fsp3) is 0.150. The summed E-state index contributed by atoms with van der Waals surface area (Å²) in [6.07, 6.45) is 0. The minimum atomic E-state index is -1.82. The second-order valence-corrected chi connectivity index (χ2v) is 7.18. The third-order valence-electron chi connectivity index (χ3n) is 3.66. The van der Waals surface area contributed by atoms with Gasteiger partial charge >= 0.3 is 11.9 Å². The lowest BCUT2D eigenvalue weighted by Crippen LogP contribution is -2.30. The van der Waals surface area contributed by atoms with Gasteiger partial charge in [0.15, 0.2) is 0 Å². The van der Waals surface area contributed by atoms with E-state index in [4.69, 9.17) is 25.1 Å². The zero-order valence-corrected chi connectivity index (χ0v) is 16.7. The topological polar surface area (TPSA) is 144 Å². The number of nitrogens with one attached hydrogen (secondary N) is 1. The molecular weight excluding hydrogens is 408 g/mol. The number of aromatic nitrogens is 1. The first-order chi connectivity index (χ1) is 14.3. The number of fused-ring (bicyclic) bond motifs is 1. The van der Waals surface area contributed by atoms with Crippen LogP contribution in [0.2, 0.25) is 0 Å². The van der Waals surface area contributed by atoms with E-state index >= 15 is 0 Å². The highest BCUT2D eigenvalue weighted by Gasteiger charge is 2.12. The Labute approximate surface area is 175 Å². The molecule has 1 aromatic heterocycles. The maximum atomic E-state index is 12.2. The molecule has 0 bridgehead atoms. The number of carbonyl (C=O) groups excluding carboxylic acids is 1. The van der Waals surface area contributed by atoms with Gasteiger partial charge < -0.3 is 15.5 Å². The number of carbonyl (C=O) groups is 3. The Balaban J connectivity index is 0.000000469. The molecule has 30 heavy (non-hydrogen) atoms. The number of para-hydroxylation sites is 2. The lowest BCUT2D eigenvalue weighted by molar-refractivity contribution is -0.159. The smallest absolute Gasteiger partial charge is 0.414 e. The highest BCUT2D eigenvalue weighted by molar-refractivity contribution is 7.18. The number of anilines is 1. The normalized spacial score (nSPS) is 10.0. The van der Waals surface area contributed by atoms with Crippen molar-refractivity contribution in [1.29, 1.82) is 5.26 Å². The number of rotatable bonds is 5. The van der Waals surface area contributed by atoms with E-state index in [1.165, 1.54) is 0 Å². The van der Waals surface area contributed by atoms with Crippen LogP contribution in [0.4, 0.5) is 5.69 Å². The number of aliphatic carboxylic acids is 2. The number of thiazole rings is 1. The molecule has 0 saturated heterocycles. The van der Waals surface area contributed by atoms with Crippen LogP contribution in [-0.4, -0.2) is 51.5 Å². The molecule has 1 heterocycles. The number of nitriles is 1. The lowest BCUT2D eigenvalue weighted by atomic mass is 10.2. The molecule has 0 atom stereocenters. The number of hydrogen-bond acceptors (Lipinski definition) is 7. The molecule has 3 aromatic rings. The number of benzene rings is 2. The van der Waals surface area contributed by atoms with Crippen LogP contribution in [0.5, 0.6) is 0 Å². The molecule has 3 N–H and O–H groups in total. The van der Waals surface area contributed by atoms with Crippen molar-refractivity contribution in [2.45, 2.75) is 6.54 Å². The van der Waals surface area contributed by atoms with Crippen molar-refractivity contribution < 1.29 is 24.6 Å². The maximum Gasteiger partial charge on any atom is 0.414 e. The summed E-state index contributed by atoms with van der Waals surface area (Å²) in [7, 11) is 1.88. The number of likely N-dealkylation sites (N-methyl/N-ethyl adjacent to an activating group) is 1. The minimum absolute atomic E-state index is 0.152. The Hall–Kier alpha value is -3.81. The number of hydrogen-bond donors (Lipinski definition) is 3. The van der Waals surface area contributed by atoms with E-state index in [0.717, 1.165) is 15.2 Å². The number of amides is 1. The molecule has 0 aliphatic heterocycles. The van der Waals surface area contributed by atoms with Crippen molar-refractivity contribution in [3.05, 3.63) is 59.1 Å².